The van der Waals surface area contributed by atoms with Crippen LogP contribution in [-0.2, 0) is 19.1 Å². The first kappa shape index (κ1) is 16.9. The van der Waals surface area contributed by atoms with Crippen LogP contribution in [0.15, 0.2) is 0 Å². The molecule has 4 atom stereocenters. The van der Waals surface area contributed by atoms with E-state index in [1.807, 2.05) is 20.8 Å². The van der Waals surface area contributed by atoms with Crippen molar-refractivity contribution in [3.8, 4) is 0 Å². The average Bonchev–Trinajstić information content (AvgIpc) is 2.76. The zero-order chi connectivity index (χ0) is 18.9. The summed E-state index contributed by atoms with van der Waals surface area (Å²) >= 11 is 0. The Balaban J connectivity index is 1.27. The number of fused-ring (bicyclic) bond motifs is 4. The van der Waals surface area contributed by atoms with Gasteiger partial charge in [0.1, 0.15) is 6.10 Å². The fraction of sp³-hybridized carbons (Fsp3) is 0.913. The van der Waals surface area contributed by atoms with E-state index in [0.717, 1.165) is 12.8 Å². The van der Waals surface area contributed by atoms with Crippen LogP contribution < -0.4 is 0 Å². The molecule has 6 rings (SSSR count). The molecule has 0 aromatic heterocycles. The van der Waals surface area contributed by atoms with Crippen molar-refractivity contribution in [3.05, 3.63) is 0 Å². The Hall–Kier alpha value is -1.06. The number of ether oxygens (including phenoxy) is 2. The molecule has 5 saturated carbocycles. The number of carbonyl (C=O) groups excluding carboxylic acids is 2. The van der Waals surface area contributed by atoms with Gasteiger partial charge in [-0.1, -0.05) is 26.7 Å². The van der Waals surface area contributed by atoms with Crippen LogP contribution in [0, 0.1) is 27.1 Å². The van der Waals surface area contributed by atoms with Crippen LogP contribution >= 0.6 is 0 Å². The molecule has 3 spiro atoms. The molecule has 1 heterocycles. The topological polar surface area (TPSA) is 52.6 Å². The van der Waals surface area contributed by atoms with E-state index in [1.54, 1.807) is 0 Å². The number of hydrogen-bond donors (Lipinski definition) is 0. The van der Waals surface area contributed by atoms with Gasteiger partial charge in [-0.3, -0.25) is 4.79 Å². The lowest BCUT2D eigenvalue weighted by atomic mass is 9.24. The summed E-state index contributed by atoms with van der Waals surface area (Å²) in [5, 5.41) is 0. The van der Waals surface area contributed by atoms with Gasteiger partial charge in [-0.05, 0) is 75.5 Å². The minimum absolute atomic E-state index is 0.0489. The molecule has 6 fully saturated rings. The molecule has 1 aliphatic heterocycles. The molecule has 148 valence electrons. The van der Waals surface area contributed by atoms with Gasteiger partial charge in [0.05, 0.1) is 5.41 Å². The second-order valence-electron chi connectivity index (χ2n) is 11.5. The number of esters is 2. The Labute approximate surface area is 161 Å². The third kappa shape index (κ3) is 1.40. The average molecular weight is 373 g/mol. The molecule has 0 aromatic carbocycles. The van der Waals surface area contributed by atoms with Gasteiger partial charge in [0, 0.05) is 10.8 Å². The van der Waals surface area contributed by atoms with Gasteiger partial charge in [0.2, 0.25) is 5.60 Å². The van der Waals surface area contributed by atoms with Crippen molar-refractivity contribution in [2.75, 3.05) is 0 Å². The Morgan fingerprint density at radius 3 is 2.07 bits per heavy atom. The summed E-state index contributed by atoms with van der Waals surface area (Å²) < 4.78 is 12.0. The molecular formula is C23H32O4. The van der Waals surface area contributed by atoms with Crippen LogP contribution in [0.4, 0.5) is 0 Å². The highest BCUT2D eigenvalue weighted by Gasteiger charge is 2.81. The van der Waals surface area contributed by atoms with Gasteiger partial charge >= 0.3 is 11.9 Å². The van der Waals surface area contributed by atoms with Gasteiger partial charge in [0.15, 0.2) is 0 Å². The Kier molecular flexibility index (Phi) is 2.75. The lowest BCUT2D eigenvalue weighted by Crippen LogP contribution is -2.77. The van der Waals surface area contributed by atoms with Crippen LogP contribution in [0.3, 0.4) is 0 Å². The second-order valence-corrected chi connectivity index (χ2v) is 11.5. The lowest BCUT2D eigenvalue weighted by Gasteiger charge is -2.81. The van der Waals surface area contributed by atoms with Crippen molar-refractivity contribution >= 4 is 11.9 Å². The van der Waals surface area contributed by atoms with Crippen molar-refractivity contribution in [3.63, 3.8) is 0 Å². The van der Waals surface area contributed by atoms with E-state index in [2.05, 4.69) is 0 Å². The predicted octanol–water partition coefficient (Wildman–Crippen LogP) is 4.54. The minimum Gasteiger partial charge on any atom is -0.459 e. The van der Waals surface area contributed by atoms with Gasteiger partial charge in [0.25, 0.3) is 0 Å². The normalized spacial score (nSPS) is 49.1. The molecule has 6 aliphatic rings. The third-order valence-electron chi connectivity index (χ3n) is 11.4. The highest BCUT2D eigenvalue weighted by atomic mass is 16.6. The van der Waals surface area contributed by atoms with Crippen molar-refractivity contribution in [2.45, 2.75) is 103 Å². The fourth-order valence-electron chi connectivity index (χ4n) is 8.54. The van der Waals surface area contributed by atoms with E-state index in [-0.39, 0.29) is 23.5 Å². The number of hydrogen-bond acceptors (Lipinski definition) is 4. The molecule has 2 bridgehead atoms. The van der Waals surface area contributed by atoms with E-state index in [9.17, 15) is 9.59 Å². The molecule has 5 aliphatic carbocycles. The fourth-order valence-corrected chi connectivity index (χ4v) is 8.54. The van der Waals surface area contributed by atoms with Crippen LogP contribution in [0.1, 0.15) is 91.4 Å². The molecule has 0 aromatic rings. The first-order valence-corrected chi connectivity index (χ1v) is 11.1. The third-order valence-corrected chi connectivity index (χ3v) is 11.4. The lowest BCUT2D eigenvalue weighted by molar-refractivity contribution is -0.350. The van der Waals surface area contributed by atoms with Crippen molar-refractivity contribution in [1.29, 1.82) is 0 Å². The monoisotopic (exact) mass is 372 g/mol. The zero-order valence-electron chi connectivity index (χ0n) is 17.0. The zero-order valence-corrected chi connectivity index (χ0v) is 17.0. The summed E-state index contributed by atoms with van der Waals surface area (Å²) in [6, 6.07) is 0. The SMILES string of the molecule is CC12CC[C@](C(=O)O[C@H]3C[C@]4(CCC45CCC5)C34CCC4)(OC1=O)C2(C)C. The van der Waals surface area contributed by atoms with Crippen LogP contribution in [0.2, 0.25) is 0 Å². The quantitative estimate of drug-likeness (QED) is 0.668. The van der Waals surface area contributed by atoms with E-state index < -0.39 is 16.4 Å². The molecule has 4 nitrogen and oxygen atoms in total. The van der Waals surface area contributed by atoms with E-state index in [4.69, 9.17) is 9.47 Å². The van der Waals surface area contributed by atoms with Crippen molar-refractivity contribution in [1.82, 2.24) is 0 Å². The van der Waals surface area contributed by atoms with E-state index in [0.29, 0.717) is 17.3 Å². The summed E-state index contributed by atoms with van der Waals surface area (Å²) in [6.45, 7) is 5.99. The maximum atomic E-state index is 13.4. The molecular weight excluding hydrogens is 340 g/mol. The Morgan fingerprint density at radius 2 is 1.67 bits per heavy atom. The van der Waals surface area contributed by atoms with Crippen molar-refractivity contribution in [2.24, 2.45) is 27.1 Å². The summed E-state index contributed by atoms with van der Waals surface area (Å²) in [4.78, 5) is 25.9. The predicted molar refractivity (Wildman–Crippen MR) is 98.7 cm³/mol. The maximum absolute atomic E-state index is 13.4. The summed E-state index contributed by atoms with van der Waals surface area (Å²) in [7, 11) is 0. The highest BCUT2D eigenvalue weighted by molar-refractivity contribution is 5.93. The molecule has 1 unspecified atom stereocenters. The Bertz CT molecular complexity index is 755. The molecule has 0 N–H and O–H groups in total. The molecule has 27 heavy (non-hydrogen) atoms. The smallest absolute Gasteiger partial charge is 0.351 e. The van der Waals surface area contributed by atoms with Crippen LogP contribution in [-0.4, -0.2) is 23.6 Å². The summed E-state index contributed by atoms with van der Waals surface area (Å²) in [5.41, 5.74) is -0.850. The maximum Gasteiger partial charge on any atom is 0.351 e. The summed E-state index contributed by atoms with van der Waals surface area (Å²) in [6.07, 6.45) is 13.0. The van der Waals surface area contributed by atoms with Gasteiger partial charge in [-0.2, -0.15) is 0 Å². The van der Waals surface area contributed by atoms with Gasteiger partial charge in [-0.15, -0.1) is 0 Å². The first-order valence-electron chi connectivity index (χ1n) is 11.1. The molecule has 0 amide bonds. The molecule has 0 radical (unpaired) electrons. The largest absolute Gasteiger partial charge is 0.459 e. The summed E-state index contributed by atoms with van der Waals surface area (Å²) in [5.74, 6) is -0.471. The Morgan fingerprint density at radius 1 is 0.963 bits per heavy atom. The molecule has 4 heteroatoms. The molecule has 1 saturated heterocycles. The van der Waals surface area contributed by atoms with Gasteiger partial charge in [-0.25, -0.2) is 4.79 Å². The van der Waals surface area contributed by atoms with E-state index in [1.165, 1.54) is 51.4 Å². The number of carbonyl (C=O) groups is 2. The van der Waals surface area contributed by atoms with Crippen LogP contribution in [0.5, 0.6) is 0 Å². The first-order chi connectivity index (χ1) is 12.7. The highest BCUT2D eigenvalue weighted by Crippen LogP contribution is 2.85. The number of rotatable bonds is 2. The standard InChI is InChI=1S/C23H32O4/c1-18(2)19(3)10-13-23(18,27-16(19)24)17(25)26-15-14-22(21(15)8-5-9-21)12-11-20(22)6-4-7-20/h15H,4-14H2,1-3H3/t15-,19?,22-,23+/m0/s1. The minimum atomic E-state index is -1.07. The van der Waals surface area contributed by atoms with Gasteiger partial charge < -0.3 is 9.47 Å². The van der Waals surface area contributed by atoms with Crippen LogP contribution in [0.25, 0.3) is 0 Å². The van der Waals surface area contributed by atoms with Crippen molar-refractivity contribution < 1.29 is 19.1 Å². The van der Waals surface area contributed by atoms with E-state index >= 15 is 0 Å². The second kappa shape index (κ2) is 4.41.